The number of nitrogens with one attached hydrogen (secondary N) is 1. The fourth-order valence-electron chi connectivity index (χ4n) is 9.21. The Labute approximate surface area is 476 Å². The quantitative estimate of drug-likeness (QED) is 0.110. The second-order valence-electron chi connectivity index (χ2n) is 18.6. The number of alkyl halides is 4. The smallest absolute Gasteiger partial charge is 0.387 e. The first kappa shape index (κ1) is 57.0. The van der Waals surface area contributed by atoms with Crippen molar-refractivity contribution in [3.63, 3.8) is 0 Å². The molecule has 2 fully saturated rings. The molecule has 0 unspecified atom stereocenters. The summed E-state index contributed by atoms with van der Waals surface area (Å²) in [6, 6.07) is 33.0. The number of rotatable bonds is 12. The zero-order chi connectivity index (χ0) is 58.0. The van der Waals surface area contributed by atoms with Gasteiger partial charge in [-0.25, -0.2) is 28.7 Å². The van der Waals surface area contributed by atoms with Crippen LogP contribution >= 0.6 is 11.6 Å². The van der Waals surface area contributed by atoms with E-state index >= 15 is 4.39 Å². The highest BCUT2D eigenvalue weighted by Gasteiger charge is 2.23. The number of ether oxygens (including phenoxy) is 4. The molecule has 83 heavy (non-hydrogen) atoms. The van der Waals surface area contributed by atoms with E-state index in [4.69, 9.17) is 36.8 Å². The third-order valence-corrected chi connectivity index (χ3v) is 13.8. The second-order valence-corrected chi connectivity index (χ2v) is 19.0. The van der Waals surface area contributed by atoms with Crippen molar-refractivity contribution in [3.05, 3.63) is 174 Å². The topological polar surface area (TPSA) is 185 Å². The van der Waals surface area contributed by atoms with Gasteiger partial charge in [0.1, 0.15) is 34.8 Å². The Morgan fingerprint density at radius 1 is 0.542 bits per heavy atom. The molecule has 0 aliphatic carbocycles. The molecule has 23 heteroatoms. The molecule has 16 nitrogen and oxygen atoms in total. The number of hydrogen-bond acceptors (Lipinski definition) is 16. The summed E-state index contributed by atoms with van der Waals surface area (Å²) in [4.78, 5) is 40.1. The van der Waals surface area contributed by atoms with E-state index in [1.165, 1.54) is 36.4 Å². The number of benzene rings is 4. The fourth-order valence-corrected chi connectivity index (χ4v) is 9.49. The SMILES string of the molecule is Cc1c(-c2ccccn2)nc2cccc(F)c2c1Cl.Cc1c(-c2ccccn2)nc2cccc(F)c2c1Nc1nc(N2CCOCC2)ncc1-c1ccc(OC(F)F)cc1.Nc1nc(N2CCOCC2)ncc1-c1ccc(OC(F)F)cc1. The molecule has 0 radical (unpaired) electrons. The van der Waals surface area contributed by atoms with Gasteiger partial charge in [-0.05, 0) is 103 Å². The largest absolute Gasteiger partial charge is 0.435 e. The number of aromatic nitrogens is 8. The summed E-state index contributed by atoms with van der Waals surface area (Å²) < 4.78 is 98.5. The van der Waals surface area contributed by atoms with E-state index in [1.807, 2.05) is 60.0 Å². The Hall–Kier alpha value is -9.25. The fraction of sp³-hybridized carbons (Fsp3) is 0.200. The first-order valence-electron chi connectivity index (χ1n) is 26.0. The first-order valence-corrected chi connectivity index (χ1v) is 26.4. The van der Waals surface area contributed by atoms with Crippen LogP contribution in [0.15, 0.2) is 146 Å². The number of anilines is 5. The average Bonchev–Trinajstić information content (AvgIpc) is 3.70. The van der Waals surface area contributed by atoms with E-state index in [1.54, 1.807) is 73.3 Å². The van der Waals surface area contributed by atoms with Crippen LogP contribution in [0.5, 0.6) is 11.5 Å². The van der Waals surface area contributed by atoms with Crippen LogP contribution in [-0.4, -0.2) is 106 Å². The van der Waals surface area contributed by atoms with E-state index < -0.39 is 19.0 Å². The first-order chi connectivity index (χ1) is 40.3. The Morgan fingerprint density at radius 2 is 1.01 bits per heavy atom. The summed E-state index contributed by atoms with van der Waals surface area (Å²) >= 11 is 6.28. The van der Waals surface area contributed by atoms with E-state index in [0.29, 0.717) is 135 Å². The van der Waals surface area contributed by atoms with Crippen molar-refractivity contribution in [2.75, 3.05) is 73.5 Å². The molecule has 3 N–H and O–H groups in total. The molecule has 424 valence electrons. The third-order valence-electron chi connectivity index (χ3n) is 13.3. The Kier molecular flexibility index (Phi) is 17.9. The van der Waals surface area contributed by atoms with Gasteiger partial charge in [-0.1, -0.05) is 60.1 Å². The molecule has 0 saturated carbocycles. The minimum absolute atomic E-state index is 0.0298. The van der Waals surface area contributed by atoms with Crippen molar-refractivity contribution in [3.8, 4) is 56.5 Å². The molecule has 2 aliphatic heterocycles. The van der Waals surface area contributed by atoms with E-state index in [2.05, 4.69) is 44.7 Å². The lowest BCUT2D eigenvalue weighted by molar-refractivity contribution is -0.0505. The van der Waals surface area contributed by atoms with Crippen LogP contribution in [-0.2, 0) is 9.47 Å². The summed E-state index contributed by atoms with van der Waals surface area (Å²) in [6.45, 7) is 2.95. The molecule has 0 bridgehead atoms. The van der Waals surface area contributed by atoms with Crippen LogP contribution in [0.2, 0.25) is 5.02 Å². The van der Waals surface area contributed by atoms with Gasteiger partial charge >= 0.3 is 13.2 Å². The minimum Gasteiger partial charge on any atom is -0.435 e. The molecular formula is C60H51ClF6N12O4. The molecule has 8 heterocycles. The van der Waals surface area contributed by atoms with Crippen molar-refractivity contribution < 1.29 is 45.3 Å². The Balaban J connectivity index is 0.000000154. The maximum atomic E-state index is 15.4. The van der Waals surface area contributed by atoms with Crippen molar-refractivity contribution >= 4 is 62.6 Å². The summed E-state index contributed by atoms with van der Waals surface area (Å²) in [5.74, 6) is 1.12. The predicted octanol–water partition coefficient (Wildman–Crippen LogP) is 12.9. The molecule has 2 aliphatic rings. The van der Waals surface area contributed by atoms with Gasteiger partial charge < -0.3 is 39.8 Å². The Morgan fingerprint density at radius 3 is 1.51 bits per heavy atom. The van der Waals surface area contributed by atoms with Gasteiger partial charge in [0, 0.05) is 67.7 Å². The van der Waals surface area contributed by atoms with Crippen molar-refractivity contribution in [2.45, 2.75) is 27.1 Å². The van der Waals surface area contributed by atoms with Crippen LogP contribution in [0.25, 0.3) is 66.8 Å². The van der Waals surface area contributed by atoms with Crippen molar-refractivity contribution in [2.24, 2.45) is 0 Å². The maximum Gasteiger partial charge on any atom is 0.387 e. The zero-order valence-corrected chi connectivity index (χ0v) is 45.3. The molecule has 10 aromatic rings. The second kappa shape index (κ2) is 26.1. The Bertz CT molecular complexity index is 3850. The number of nitrogens with zero attached hydrogens (tertiary/aromatic N) is 10. The van der Waals surface area contributed by atoms with Crippen LogP contribution in [0, 0.1) is 25.5 Å². The highest BCUT2D eigenvalue weighted by molar-refractivity contribution is 6.36. The van der Waals surface area contributed by atoms with Crippen molar-refractivity contribution in [1.29, 1.82) is 0 Å². The summed E-state index contributed by atoms with van der Waals surface area (Å²) in [5.41, 5.74) is 14.2. The number of hydrogen-bond donors (Lipinski definition) is 2. The van der Waals surface area contributed by atoms with Gasteiger partial charge in [0.25, 0.3) is 0 Å². The lowest BCUT2D eigenvalue weighted by Gasteiger charge is -2.27. The number of fused-ring (bicyclic) bond motifs is 2. The molecule has 0 atom stereocenters. The van der Waals surface area contributed by atoms with E-state index in [9.17, 15) is 22.0 Å². The molecule has 0 spiro atoms. The summed E-state index contributed by atoms with van der Waals surface area (Å²) in [6.07, 6.45) is 6.67. The third kappa shape index (κ3) is 13.4. The number of pyridine rings is 4. The lowest BCUT2D eigenvalue weighted by atomic mass is 10.0. The van der Waals surface area contributed by atoms with Crippen molar-refractivity contribution in [1.82, 2.24) is 39.9 Å². The highest BCUT2D eigenvalue weighted by Crippen LogP contribution is 2.39. The predicted molar refractivity (Wildman–Crippen MR) is 306 cm³/mol. The molecule has 4 aromatic carbocycles. The van der Waals surface area contributed by atoms with E-state index in [0.717, 1.165) is 29.9 Å². The molecule has 0 amide bonds. The van der Waals surface area contributed by atoms with Gasteiger partial charge in [0.05, 0.1) is 81.7 Å². The normalized spacial score (nSPS) is 13.3. The molecule has 2 saturated heterocycles. The minimum atomic E-state index is -2.93. The summed E-state index contributed by atoms with van der Waals surface area (Å²) in [5, 5.41) is 4.45. The van der Waals surface area contributed by atoms with E-state index in [-0.39, 0.29) is 17.3 Å². The summed E-state index contributed by atoms with van der Waals surface area (Å²) in [7, 11) is 0. The van der Waals surface area contributed by atoms with Gasteiger partial charge in [-0.15, -0.1) is 0 Å². The molecule has 12 rings (SSSR count). The monoisotopic (exact) mass is 1150 g/mol. The molecular weight excluding hydrogens is 1100 g/mol. The number of halogens is 7. The maximum absolute atomic E-state index is 15.4. The highest BCUT2D eigenvalue weighted by atomic mass is 35.5. The van der Waals surface area contributed by atoms with Crippen LogP contribution in [0.3, 0.4) is 0 Å². The van der Waals surface area contributed by atoms with Crippen LogP contribution < -0.4 is 30.3 Å². The van der Waals surface area contributed by atoms with Crippen LogP contribution in [0.1, 0.15) is 11.1 Å². The van der Waals surface area contributed by atoms with Gasteiger partial charge in [-0.2, -0.15) is 27.5 Å². The number of nitrogen functional groups attached to an aromatic ring is 1. The zero-order valence-electron chi connectivity index (χ0n) is 44.5. The van der Waals surface area contributed by atoms with Gasteiger partial charge in [0.15, 0.2) is 0 Å². The van der Waals surface area contributed by atoms with Crippen LogP contribution in [0.4, 0.5) is 55.6 Å². The average molecular weight is 1150 g/mol. The standard InChI is InChI=1S/C30H25F3N6O2.C15H10ClFN2.C15H16F2N4O2/c1-18-26(24-6-2-3-12-34-24)36-23-7-4-5-22(31)25(23)27(18)37-28-21(19-8-10-20(11-9-19)41-29(32)33)17-35-30(38-28)39-13-15-40-16-14-39;1-9-14(16)13-10(17)5-4-7-11(13)19-15(9)12-6-2-3-8-18-12;16-14(17)23-11-3-1-10(2-4-11)12-9-19-15(20-13(12)18)21-5-7-22-8-6-21/h2-12,17,29H,13-16H2,1H3,(H,35,36,37,38);2-8H,1H3;1-4,9,14H,5-8H2,(H2,18,19,20). The van der Waals surface area contributed by atoms with Gasteiger partial charge in [0.2, 0.25) is 11.9 Å². The lowest BCUT2D eigenvalue weighted by Crippen LogP contribution is -2.37. The molecule has 6 aromatic heterocycles. The number of nitrogens with two attached hydrogens (primary N) is 1. The number of morpholine rings is 2. The van der Waals surface area contributed by atoms with Gasteiger partial charge in [-0.3, -0.25) is 9.97 Å².